The quantitative estimate of drug-likeness (QED) is 0.686. The standard InChI is InChI=1S/C14H12N4S/c1-18(14(19)13-16-9-10-17-13)12(7-8-15)11-5-3-2-4-6-11/h2-7,9-10H,1H3,(H,16,17)/b12-7-. The number of nitrogens with one attached hydrogen (secondary N) is 1. The number of imidazole rings is 1. The van der Waals surface area contributed by atoms with Crippen LogP contribution in [-0.4, -0.2) is 26.9 Å². The van der Waals surface area contributed by atoms with Gasteiger partial charge in [0, 0.05) is 25.5 Å². The number of hydrogen-bond acceptors (Lipinski definition) is 3. The van der Waals surface area contributed by atoms with Crippen molar-refractivity contribution in [3.63, 3.8) is 0 Å². The summed E-state index contributed by atoms with van der Waals surface area (Å²) in [6, 6.07) is 11.7. The van der Waals surface area contributed by atoms with Gasteiger partial charge in [-0.2, -0.15) is 5.26 Å². The van der Waals surface area contributed by atoms with Crippen molar-refractivity contribution in [3.05, 3.63) is 60.2 Å². The van der Waals surface area contributed by atoms with Gasteiger partial charge in [0.15, 0.2) is 5.82 Å². The second kappa shape index (κ2) is 5.94. The smallest absolute Gasteiger partial charge is 0.165 e. The zero-order valence-corrected chi connectivity index (χ0v) is 11.2. The Balaban J connectivity index is 2.34. The summed E-state index contributed by atoms with van der Waals surface area (Å²) in [5, 5.41) is 8.94. The fourth-order valence-corrected chi connectivity index (χ4v) is 1.90. The number of allylic oxidation sites excluding steroid dienone is 1. The molecule has 2 aromatic rings. The highest BCUT2D eigenvalue weighted by atomic mass is 32.1. The summed E-state index contributed by atoms with van der Waals surface area (Å²) >= 11 is 5.37. The van der Waals surface area contributed by atoms with E-state index in [-0.39, 0.29) is 0 Å². The summed E-state index contributed by atoms with van der Waals surface area (Å²) in [6.45, 7) is 0. The molecule has 94 valence electrons. The van der Waals surface area contributed by atoms with Crippen LogP contribution in [0.2, 0.25) is 0 Å². The van der Waals surface area contributed by atoms with E-state index in [1.54, 1.807) is 17.3 Å². The van der Waals surface area contributed by atoms with E-state index in [0.29, 0.717) is 10.8 Å². The Morgan fingerprint density at radius 1 is 1.42 bits per heavy atom. The van der Waals surface area contributed by atoms with Crippen LogP contribution in [0.25, 0.3) is 5.70 Å². The number of hydrogen-bond donors (Lipinski definition) is 1. The molecule has 0 atom stereocenters. The van der Waals surface area contributed by atoms with Crippen molar-refractivity contribution in [2.75, 3.05) is 7.05 Å². The van der Waals surface area contributed by atoms with E-state index < -0.39 is 0 Å². The maximum atomic E-state index is 8.94. The fraction of sp³-hybridized carbons (Fsp3) is 0.0714. The van der Waals surface area contributed by atoms with Crippen molar-refractivity contribution in [2.24, 2.45) is 0 Å². The lowest BCUT2D eigenvalue weighted by Gasteiger charge is -2.21. The molecule has 0 aliphatic heterocycles. The summed E-state index contributed by atoms with van der Waals surface area (Å²) in [5.41, 5.74) is 1.67. The normalized spacial score (nSPS) is 10.8. The van der Waals surface area contributed by atoms with Gasteiger partial charge in [-0.15, -0.1) is 0 Å². The number of H-pyrrole nitrogens is 1. The third-order valence-corrected chi connectivity index (χ3v) is 3.10. The Morgan fingerprint density at radius 2 is 2.16 bits per heavy atom. The van der Waals surface area contributed by atoms with Crippen LogP contribution in [0.5, 0.6) is 0 Å². The molecule has 0 radical (unpaired) electrons. The third kappa shape index (κ3) is 2.87. The summed E-state index contributed by atoms with van der Waals surface area (Å²) in [5.74, 6) is 0.609. The Hall–Kier alpha value is -2.45. The first-order chi connectivity index (χ1) is 9.24. The molecule has 0 bridgehead atoms. The van der Waals surface area contributed by atoms with Gasteiger partial charge in [0.25, 0.3) is 0 Å². The molecule has 0 saturated carbocycles. The summed E-state index contributed by atoms with van der Waals surface area (Å²) in [4.78, 5) is 9.39. The number of nitrogens with zero attached hydrogens (tertiary/aromatic N) is 3. The molecule has 0 unspecified atom stereocenters. The predicted molar refractivity (Wildman–Crippen MR) is 78.1 cm³/mol. The lowest BCUT2D eigenvalue weighted by molar-refractivity contribution is 0.728. The zero-order valence-electron chi connectivity index (χ0n) is 10.4. The van der Waals surface area contributed by atoms with Gasteiger partial charge in [0.2, 0.25) is 0 Å². The van der Waals surface area contributed by atoms with Gasteiger partial charge in [-0.25, -0.2) is 4.98 Å². The Labute approximate surface area is 117 Å². The van der Waals surface area contributed by atoms with Crippen molar-refractivity contribution in [3.8, 4) is 6.07 Å². The SMILES string of the molecule is CN(C(=S)c1ncc[nH]1)/C(=C\C#N)c1ccccc1. The minimum Gasteiger partial charge on any atom is -0.343 e. The van der Waals surface area contributed by atoms with Gasteiger partial charge in [-0.05, 0) is 5.56 Å². The van der Waals surface area contributed by atoms with Gasteiger partial charge in [0.05, 0.1) is 11.8 Å². The molecule has 0 aliphatic carbocycles. The second-order valence-corrected chi connectivity index (χ2v) is 4.21. The lowest BCUT2D eigenvalue weighted by atomic mass is 10.1. The Kier molecular flexibility index (Phi) is 4.06. The number of aromatic nitrogens is 2. The Morgan fingerprint density at radius 3 is 2.74 bits per heavy atom. The van der Waals surface area contributed by atoms with Gasteiger partial charge < -0.3 is 9.88 Å². The van der Waals surface area contributed by atoms with Crippen molar-refractivity contribution >= 4 is 22.9 Å². The molecule has 1 aromatic carbocycles. The van der Waals surface area contributed by atoms with Crippen LogP contribution < -0.4 is 0 Å². The van der Waals surface area contributed by atoms with Crippen molar-refractivity contribution in [2.45, 2.75) is 0 Å². The molecule has 0 spiro atoms. The van der Waals surface area contributed by atoms with Crippen LogP contribution in [-0.2, 0) is 0 Å². The fourth-order valence-electron chi connectivity index (χ4n) is 1.69. The van der Waals surface area contributed by atoms with E-state index in [2.05, 4.69) is 16.0 Å². The summed E-state index contributed by atoms with van der Waals surface area (Å²) < 4.78 is 0. The molecule has 2 rings (SSSR count). The molecule has 5 heteroatoms. The molecule has 0 amide bonds. The van der Waals surface area contributed by atoms with Crippen LogP contribution in [0, 0.1) is 11.3 Å². The topological polar surface area (TPSA) is 55.7 Å². The third-order valence-electron chi connectivity index (χ3n) is 2.64. The number of benzene rings is 1. The van der Waals surface area contributed by atoms with Crippen LogP contribution >= 0.6 is 12.2 Å². The van der Waals surface area contributed by atoms with Crippen molar-refractivity contribution in [1.29, 1.82) is 5.26 Å². The van der Waals surface area contributed by atoms with Crippen LogP contribution in [0.15, 0.2) is 48.8 Å². The Bertz CT molecular complexity index is 623. The van der Waals surface area contributed by atoms with E-state index in [4.69, 9.17) is 17.5 Å². The predicted octanol–water partition coefficient (Wildman–Crippen LogP) is 2.58. The number of aromatic amines is 1. The minimum atomic E-state index is 0.537. The average Bonchev–Trinajstić information content (AvgIpc) is 2.98. The van der Waals surface area contributed by atoms with Crippen molar-refractivity contribution < 1.29 is 0 Å². The lowest BCUT2D eigenvalue weighted by Crippen LogP contribution is -2.25. The monoisotopic (exact) mass is 268 g/mol. The average molecular weight is 268 g/mol. The summed E-state index contributed by atoms with van der Waals surface area (Å²) in [6.07, 6.45) is 4.84. The first-order valence-electron chi connectivity index (χ1n) is 5.66. The number of rotatable bonds is 3. The first kappa shape index (κ1) is 13.0. The number of thiocarbonyl (C=S) groups is 1. The maximum absolute atomic E-state index is 8.94. The van der Waals surface area contributed by atoms with E-state index in [0.717, 1.165) is 11.3 Å². The van der Waals surface area contributed by atoms with Gasteiger partial charge in [-0.3, -0.25) is 0 Å². The largest absolute Gasteiger partial charge is 0.343 e. The van der Waals surface area contributed by atoms with E-state index in [9.17, 15) is 0 Å². The molecule has 0 saturated heterocycles. The molecule has 19 heavy (non-hydrogen) atoms. The zero-order chi connectivity index (χ0) is 13.7. The molecule has 0 aliphatic rings. The van der Waals surface area contributed by atoms with Gasteiger partial charge in [0.1, 0.15) is 4.99 Å². The maximum Gasteiger partial charge on any atom is 0.165 e. The second-order valence-electron chi connectivity index (χ2n) is 3.83. The van der Waals surface area contributed by atoms with Crippen LogP contribution in [0.4, 0.5) is 0 Å². The van der Waals surface area contributed by atoms with E-state index >= 15 is 0 Å². The molecule has 0 fully saturated rings. The molecule has 1 N–H and O–H groups in total. The highest BCUT2D eigenvalue weighted by Crippen LogP contribution is 2.19. The highest BCUT2D eigenvalue weighted by Gasteiger charge is 2.15. The first-order valence-corrected chi connectivity index (χ1v) is 6.07. The summed E-state index contributed by atoms with van der Waals surface area (Å²) in [7, 11) is 1.82. The minimum absolute atomic E-state index is 0.537. The van der Waals surface area contributed by atoms with Gasteiger partial charge >= 0.3 is 0 Å². The molecule has 1 aromatic heterocycles. The van der Waals surface area contributed by atoms with Crippen molar-refractivity contribution in [1.82, 2.24) is 14.9 Å². The molecule has 1 heterocycles. The molecular formula is C14H12N4S. The van der Waals surface area contributed by atoms with E-state index in [1.807, 2.05) is 37.4 Å². The van der Waals surface area contributed by atoms with E-state index in [1.165, 1.54) is 6.08 Å². The van der Waals surface area contributed by atoms with Gasteiger partial charge in [-0.1, -0.05) is 42.5 Å². The highest BCUT2D eigenvalue weighted by molar-refractivity contribution is 7.80. The number of nitriles is 1. The van der Waals surface area contributed by atoms with Crippen LogP contribution in [0.3, 0.4) is 0 Å². The van der Waals surface area contributed by atoms with Crippen LogP contribution in [0.1, 0.15) is 11.4 Å². The molecule has 4 nitrogen and oxygen atoms in total. The molecular weight excluding hydrogens is 256 g/mol.